The van der Waals surface area contributed by atoms with Crippen LogP contribution in [-0.2, 0) is 7.05 Å². The summed E-state index contributed by atoms with van der Waals surface area (Å²) in [6, 6.07) is 15.8. The van der Waals surface area contributed by atoms with Crippen LogP contribution in [0.3, 0.4) is 0 Å². The fourth-order valence-corrected chi connectivity index (χ4v) is 3.42. The number of aryl methyl sites for hydroxylation is 3. The summed E-state index contributed by atoms with van der Waals surface area (Å²) >= 11 is 1.43. The van der Waals surface area contributed by atoms with Crippen molar-refractivity contribution in [2.75, 3.05) is 0 Å². The van der Waals surface area contributed by atoms with Gasteiger partial charge in [0.1, 0.15) is 11.6 Å². The number of nitrogens with zero attached hydrogens (tertiary/aromatic N) is 3. The molecule has 5 heteroatoms. The molecule has 0 aliphatic rings. The minimum Gasteiger partial charge on any atom is -0.312 e. The third-order valence-electron chi connectivity index (χ3n) is 3.85. The van der Waals surface area contributed by atoms with Gasteiger partial charge in [0.05, 0.1) is 0 Å². The maximum Gasteiger partial charge on any atom is 0.191 e. The zero-order chi connectivity index (χ0) is 17.1. The largest absolute Gasteiger partial charge is 0.312 e. The van der Waals surface area contributed by atoms with Gasteiger partial charge in [0.2, 0.25) is 0 Å². The number of Topliss-reactive ketones (excluding diaryl/α,β-unsaturated/α-hetero) is 1. The smallest absolute Gasteiger partial charge is 0.191 e. The summed E-state index contributed by atoms with van der Waals surface area (Å²) in [5.41, 5.74) is 3.99. The molecule has 0 aliphatic carbocycles. The minimum atomic E-state index is -0.351. The maximum absolute atomic E-state index is 13.1. The average molecular weight is 337 g/mol. The Kier molecular flexibility index (Phi) is 4.81. The highest BCUT2D eigenvalue weighted by molar-refractivity contribution is 8.00. The van der Waals surface area contributed by atoms with Crippen LogP contribution in [0, 0.1) is 13.8 Å². The normalized spacial score (nSPS) is 12.1. The van der Waals surface area contributed by atoms with Crippen molar-refractivity contribution in [1.29, 1.82) is 0 Å². The second kappa shape index (κ2) is 7.01. The van der Waals surface area contributed by atoms with Crippen LogP contribution in [0.5, 0.6) is 0 Å². The Balaban J connectivity index is 1.97. The monoisotopic (exact) mass is 337 g/mol. The van der Waals surface area contributed by atoms with Crippen molar-refractivity contribution < 1.29 is 4.79 Å². The molecule has 1 unspecified atom stereocenters. The van der Waals surface area contributed by atoms with E-state index in [1.807, 2.05) is 74.0 Å². The molecule has 4 nitrogen and oxygen atoms in total. The molecule has 0 spiro atoms. The van der Waals surface area contributed by atoms with Crippen molar-refractivity contribution in [3.63, 3.8) is 0 Å². The molecule has 24 heavy (non-hydrogen) atoms. The summed E-state index contributed by atoms with van der Waals surface area (Å²) in [5.74, 6) is 0.0758. The molecule has 0 N–H and O–H groups in total. The summed E-state index contributed by atoms with van der Waals surface area (Å²) in [5, 5.41) is 8.39. The molecule has 3 rings (SSSR count). The number of carbonyl (C=O) groups is 1. The maximum atomic E-state index is 13.1. The Morgan fingerprint density at radius 3 is 2.12 bits per heavy atom. The zero-order valence-electron chi connectivity index (χ0n) is 13.9. The van der Waals surface area contributed by atoms with Crippen molar-refractivity contribution in [3.8, 4) is 0 Å². The molecule has 1 atom stereocenters. The van der Waals surface area contributed by atoms with Gasteiger partial charge >= 0.3 is 0 Å². The van der Waals surface area contributed by atoms with Crippen LogP contribution in [0.4, 0.5) is 0 Å². The van der Waals surface area contributed by atoms with E-state index in [2.05, 4.69) is 10.2 Å². The van der Waals surface area contributed by atoms with Gasteiger partial charge in [-0.25, -0.2) is 0 Å². The predicted molar refractivity (Wildman–Crippen MR) is 96.3 cm³/mol. The molecular weight excluding hydrogens is 318 g/mol. The summed E-state index contributed by atoms with van der Waals surface area (Å²) in [6.07, 6.45) is 1.64. The van der Waals surface area contributed by atoms with Gasteiger partial charge in [0, 0.05) is 12.6 Å². The van der Waals surface area contributed by atoms with E-state index in [0.29, 0.717) is 5.56 Å². The van der Waals surface area contributed by atoms with E-state index < -0.39 is 0 Å². The number of hydrogen-bond donors (Lipinski definition) is 0. The number of benzene rings is 2. The van der Waals surface area contributed by atoms with Crippen LogP contribution < -0.4 is 0 Å². The zero-order valence-corrected chi connectivity index (χ0v) is 14.7. The number of hydrogen-bond acceptors (Lipinski definition) is 4. The fraction of sp³-hybridized carbons (Fsp3) is 0.211. The topological polar surface area (TPSA) is 47.8 Å². The van der Waals surface area contributed by atoms with Crippen LogP contribution in [-0.4, -0.2) is 20.5 Å². The van der Waals surface area contributed by atoms with Gasteiger partial charge in [0.15, 0.2) is 10.9 Å². The molecule has 0 bridgehead atoms. The predicted octanol–water partition coefficient (Wildman–Crippen LogP) is 4.15. The van der Waals surface area contributed by atoms with Crippen molar-refractivity contribution in [3.05, 3.63) is 77.1 Å². The highest BCUT2D eigenvalue weighted by Gasteiger charge is 2.25. The van der Waals surface area contributed by atoms with Gasteiger partial charge < -0.3 is 4.57 Å². The molecule has 1 heterocycles. The lowest BCUT2D eigenvalue weighted by molar-refractivity contribution is 0.0989. The first-order valence-corrected chi connectivity index (χ1v) is 8.60. The number of aromatic nitrogens is 3. The van der Waals surface area contributed by atoms with E-state index in [1.165, 1.54) is 17.3 Å². The molecule has 3 aromatic rings. The molecule has 0 saturated carbocycles. The molecule has 1 aromatic heterocycles. The second-order valence-corrected chi connectivity index (χ2v) is 6.94. The number of carbonyl (C=O) groups excluding carboxylic acids is 1. The van der Waals surface area contributed by atoms with Crippen LogP contribution in [0.1, 0.15) is 32.3 Å². The summed E-state index contributed by atoms with van der Waals surface area (Å²) in [4.78, 5) is 13.1. The van der Waals surface area contributed by atoms with Crippen molar-refractivity contribution in [2.45, 2.75) is 24.3 Å². The first-order valence-electron chi connectivity index (χ1n) is 7.72. The van der Waals surface area contributed by atoms with Gasteiger partial charge in [-0.3, -0.25) is 4.79 Å². The molecule has 0 aliphatic heterocycles. The second-order valence-electron chi connectivity index (χ2n) is 5.86. The van der Waals surface area contributed by atoms with E-state index >= 15 is 0 Å². The quantitative estimate of drug-likeness (QED) is 0.518. The summed E-state index contributed by atoms with van der Waals surface area (Å²) < 4.78 is 1.83. The summed E-state index contributed by atoms with van der Waals surface area (Å²) in [6.45, 7) is 4.05. The number of ketones is 1. The van der Waals surface area contributed by atoms with Gasteiger partial charge in [-0.2, -0.15) is 0 Å². The van der Waals surface area contributed by atoms with E-state index in [0.717, 1.165) is 16.3 Å². The number of rotatable bonds is 5. The van der Waals surface area contributed by atoms with Gasteiger partial charge in [-0.15, -0.1) is 10.2 Å². The van der Waals surface area contributed by atoms with E-state index in [1.54, 1.807) is 6.33 Å². The molecule has 0 saturated heterocycles. The fourth-order valence-electron chi connectivity index (χ4n) is 2.37. The van der Waals surface area contributed by atoms with Crippen LogP contribution in [0.15, 0.2) is 60.0 Å². The third kappa shape index (κ3) is 3.57. The average Bonchev–Trinajstić information content (AvgIpc) is 2.99. The third-order valence-corrected chi connectivity index (χ3v) is 5.15. The van der Waals surface area contributed by atoms with Crippen LogP contribution in [0.2, 0.25) is 0 Å². The lowest BCUT2D eigenvalue weighted by atomic mass is 10.0. The van der Waals surface area contributed by atoms with E-state index in [-0.39, 0.29) is 11.0 Å². The number of thioether (sulfide) groups is 1. The SMILES string of the molecule is Cc1ccc(C(=O)C(Sc2nncn2C)c2ccc(C)cc2)cc1. The Hall–Kier alpha value is -2.40. The highest BCUT2D eigenvalue weighted by atomic mass is 32.2. The molecule has 2 aromatic carbocycles. The molecule has 0 amide bonds. The lowest BCUT2D eigenvalue weighted by Crippen LogP contribution is -2.11. The standard InChI is InChI=1S/C19H19N3OS/c1-13-4-8-15(9-5-13)17(23)18(16-10-6-14(2)7-11-16)24-19-21-20-12-22(19)3/h4-12,18H,1-3H3. The first kappa shape index (κ1) is 16.5. The molecule has 0 fully saturated rings. The first-order chi connectivity index (χ1) is 11.5. The van der Waals surface area contributed by atoms with Crippen molar-refractivity contribution in [1.82, 2.24) is 14.8 Å². The van der Waals surface area contributed by atoms with Crippen LogP contribution >= 0.6 is 11.8 Å². The van der Waals surface area contributed by atoms with Crippen molar-refractivity contribution in [2.24, 2.45) is 7.05 Å². The van der Waals surface area contributed by atoms with Crippen molar-refractivity contribution >= 4 is 17.5 Å². The van der Waals surface area contributed by atoms with Gasteiger partial charge in [0.25, 0.3) is 0 Å². The molecule has 0 radical (unpaired) electrons. The minimum absolute atomic E-state index is 0.0758. The Bertz CT molecular complexity index is 838. The van der Waals surface area contributed by atoms with Gasteiger partial charge in [-0.1, -0.05) is 71.4 Å². The lowest BCUT2D eigenvalue weighted by Gasteiger charge is -2.16. The van der Waals surface area contributed by atoms with Crippen LogP contribution in [0.25, 0.3) is 0 Å². The Morgan fingerprint density at radius 2 is 1.58 bits per heavy atom. The van der Waals surface area contributed by atoms with E-state index in [9.17, 15) is 4.79 Å². The van der Waals surface area contributed by atoms with E-state index in [4.69, 9.17) is 0 Å². The Morgan fingerprint density at radius 1 is 1.00 bits per heavy atom. The highest BCUT2D eigenvalue weighted by Crippen LogP contribution is 2.36. The molecule has 122 valence electrons. The molecular formula is C19H19N3OS. The Labute approximate surface area is 145 Å². The van der Waals surface area contributed by atoms with Gasteiger partial charge in [-0.05, 0) is 19.4 Å². The summed E-state index contributed by atoms with van der Waals surface area (Å²) in [7, 11) is 1.88.